The summed E-state index contributed by atoms with van der Waals surface area (Å²) in [6, 6.07) is 8.23. The van der Waals surface area contributed by atoms with E-state index >= 15 is 0 Å². The van der Waals surface area contributed by atoms with E-state index in [9.17, 15) is 0 Å². The lowest BCUT2D eigenvalue weighted by atomic mass is 10.2. The standard InChI is InChI=1S/C11H11OS/c1-3-12-10-4-5-11-9(7-10)6-8(2)13-11/h4-7H,2-3H2,1H3. The summed E-state index contributed by atoms with van der Waals surface area (Å²) in [5.74, 6) is 0.938. The van der Waals surface area contributed by atoms with Crippen molar-refractivity contribution in [2.75, 3.05) is 6.61 Å². The van der Waals surface area contributed by atoms with E-state index in [1.807, 2.05) is 13.0 Å². The molecule has 0 saturated carbocycles. The molecule has 0 N–H and O–H groups in total. The molecule has 0 unspecified atom stereocenters. The maximum absolute atomic E-state index is 5.41. The summed E-state index contributed by atoms with van der Waals surface area (Å²) in [6.07, 6.45) is 0. The highest BCUT2D eigenvalue weighted by Crippen LogP contribution is 2.28. The van der Waals surface area contributed by atoms with Crippen LogP contribution >= 0.6 is 11.3 Å². The molecule has 13 heavy (non-hydrogen) atoms. The normalized spacial score (nSPS) is 10.6. The molecular formula is C11H11OS. The molecule has 2 heteroatoms. The first-order valence-electron chi connectivity index (χ1n) is 4.28. The van der Waals surface area contributed by atoms with Gasteiger partial charge < -0.3 is 4.74 Å². The largest absolute Gasteiger partial charge is 0.494 e. The molecule has 0 fully saturated rings. The van der Waals surface area contributed by atoms with Gasteiger partial charge in [-0.15, -0.1) is 11.3 Å². The minimum Gasteiger partial charge on any atom is -0.494 e. The van der Waals surface area contributed by atoms with Crippen LogP contribution in [0.1, 0.15) is 11.8 Å². The maximum Gasteiger partial charge on any atom is 0.119 e. The van der Waals surface area contributed by atoms with E-state index in [2.05, 4.69) is 25.1 Å². The third kappa shape index (κ3) is 1.68. The average Bonchev–Trinajstić information content (AvgIpc) is 2.44. The van der Waals surface area contributed by atoms with Crippen molar-refractivity contribution in [1.29, 1.82) is 0 Å². The van der Waals surface area contributed by atoms with E-state index in [0.29, 0.717) is 6.61 Å². The van der Waals surface area contributed by atoms with Crippen molar-refractivity contribution in [3.63, 3.8) is 0 Å². The summed E-state index contributed by atoms with van der Waals surface area (Å²) in [4.78, 5) is 1.10. The summed E-state index contributed by atoms with van der Waals surface area (Å²) in [6.45, 7) is 6.62. The Hall–Kier alpha value is -1.02. The van der Waals surface area contributed by atoms with Gasteiger partial charge in [0.15, 0.2) is 0 Å². The highest BCUT2D eigenvalue weighted by Gasteiger charge is 1.99. The predicted molar refractivity (Wildman–Crippen MR) is 57.5 cm³/mol. The Morgan fingerprint density at radius 2 is 2.23 bits per heavy atom. The summed E-state index contributed by atoms with van der Waals surface area (Å²) in [7, 11) is 0. The lowest BCUT2D eigenvalue weighted by Crippen LogP contribution is -1.89. The third-order valence-corrected chi connectivity index (χ3v) is 2.82. The van der Waals surface area contributed by atoms with Gasteiger partial charge in [0.1, 0.15) is 5.75 Å². The van der Waals surface area contributed by atoms with E-state index in [4.69, 9.17) is 4.74 Å². The van der Waals surface area contributed by atoms with Gasteiger partial charge in [-0.1, -0.05) is 0 Å². The zero-order valence-electron chi connectivity index (χ0n) is 7.54. The van der Waals surface area contributed by atoms with Crippen molar-refractivity contribution < 1.29 is 4.74 Å². The number of ether oxygens (including phenoxy) is 1. The molecule has 0 atom stereocenters. The van der Waals surface area contributed by atoms with Crippen LogP contribution in [0.2, 0.25) is 0 Å². The molecule has 0 bridgehead atoms. The van der Waals surface area contributed by atoms with Crippen molar-refractivity contribution in [3.8, 4) is 5.75 Å². The molecule has 2 aromatic rings. The van der Waals surface area contributed by atoms with Crippen molar-refractivity contribution >= 4 is 21.4 Å². The number of hydrogen-bond acceptors (Lipinski definition) is 2. The van der Waals surface area contributed by atoms with Crippen LogP contribution in [0, 0.1) is 6.92 Å². The number of hydrogen-bond donors (Lipinski definition) is 0. The molecule has 0 spiro atoms. The fourth-order valence-corrected chi connectivity index (χ4v) is 2.17. The van der Waals surface area contributed by atoms with Gasteiger partial charge in [-0.05, 0) is 43.5 Å². The summed E-state index contributed by atoms with van der Waals surface area (Å²) < 4.78 is 6.68. The lowest BCUT2D eigenvalue weighted by Gasteiger charge is -2.01. The minimum absolute atomic E-state index is 0.715. The summed E-state index contributed by atoms with van der Waals surface area (Å²) >= 11 is 1.71. The van der Waals surface area contributed by atoms with Gasteiger partial charge in [0.05, 0.1) is 6.61 Å². The van der Waals surface area contributed by atoms with Gasteiger partial charge >= 0.3 is 0 Å². The van der Waals surface area contributed by atoms with Crippen LogP contribution in [-0.4, -0.2) is 6.61 Å². The second kappa shape index (κ2) is 3.38. The third-order valence-electron chi connectivity index (χ3n) is 1.85. The van der Waals surface area contributed by atoms with Crippen LogP contribution in [0.4, 0.5) is 0 Å². The van der Waals surface area contributed by atoms with E-state index in [1.54, 1.807) is 11.3 Å². The number of fused-ring (bicyclic) bond motifs is 1. The molecule has 2 rings (SSSR count). The summed E-state index contributed by atoms with van der Waals surface area (Å²) in [5, 5.41) is 1.22. The smallest absolute Gasteiger partial charge is 0.119 e. The van der Waals surface area contributed by atoms with E-state index in [1.165, 1.54) is 10.1 Å². The zero-order valence-corrected chi connectivity index (χ0v) is 8.36. The molecule has 0 aliphatic carbocycles. The van der Waals surface area contributed by atoms with Crippen LogP contribution in [0.15, 0.2) is 24.3 Å². The Labute approximate surface area is 82.0 Å². The van der Waals surface area contributed by atoms with Gasteiger partial charge in [0, 0.05) is 9.58 Å². The van der Waals surface area contributed by atoms with Crippen LogP contribution in [0.5, 0.6) is 5.75 Å². The van der Waals surface area contributed by atoms with E-state index in [0.717, 1.165) is 10.6 Å². The predicted octanol–water partition coefficient (Wildman–Crippen LogP) is 3.48. The first-order chi connectivity index (χ1) is 6.29. The van der Waals surface area contributed by atoms with Crippen LogP contribution < -0.4 is 4.74 Å². The Morgan fingerprint density at radius 3 is 3.00 bits per heavy atom. The molecule has 0 amide bonds. The fourth-order valence-electron chi connectivity index (χ4n) is 1.33. The van der Waals surface area contributed by atoms with Gasteiger partial charge in [0.2, 0.25) is 0 Å². The zero-order chi connectivity index (χ0) is 9.26. The highest BCUT2D eigenvalue weighted by molar-refractivity contribution is 7.19. The molecule has 1 heterocycles. The Morgan fingerprint density at radius 1 is 1.38 bits per heavy atom. The SMILES string of the molecule is [CH2]c1cc2cc(OCC)ccc2s1. The second-order valence-corrected chi connectivity index (χ2v) is 4.01. The highest BCUT2D eigenvalue weighted by atomic mass is 32.1. The summed E-state index contributed by atoms with van der Waals surface area (Å²) in [5.41, 5.74) is 0. The van der Waals surface area contributed by atoms with E-state index < -0.39 is 0 Å². The molecule has 1 aromatic heterocycles. The van der Waals surface area contributed by atoms with Crippen LogP contribution in [-0.2, 0) is 0 Å². The lowest BCUT2D eigenvalue weighted by molar-refractivity contribution is 0.341. The Bertz CT molecular complexity index is 417. The first kappa shape index (κ1) is 8.57. The molecule has 0 saturated heterocycles. The number of rotatable bonds is 2. The minimum atomic E-state index is 0.715. The topological polar surface area (TPSA) is 9.23 Å². The molecule has 0 aliphatic heterocycles. The second-order valence-electron chi connectivity index (χ2n) is 2.85. The number of benzene rings is 1. The quantitative estimate of drug-likeness (QED) is 0.706. The molecule has 0 aliphatic rings. The van der Waals surface area contributed by atoms with Gasteiger partial charge in [-0.25, -0.2) is 0 Å². The van der Waals surface area contributed by atoms with Crippen molar-refractivity contribution in [2.45, 2.75) is 6.92 Å². The number of thiophene rings is 1. The van der Waals surface area contributed by atoms with Crippen molar-refractivity contribution in [1.82, 2.24) is 0 Å². The van der Waals surface area contributed by atoms with Crippen molar-refractivity contribution in [2.24, 2.45) is 0 Å². The van der Waals surface area contributed by atoms with Crippen LogP contribution in [0.25, 0.3) is 10.1 Å². The molecule has 1 aromatic carbocycles. The molecule has 67 valence electrons. The Kier molecular flexibility index (Phi) is 2.23. The van der Waals surface area contributed by atoms with Gasteiger partial charge in [-0.2, -0.15) is 0 Å². The van der Waals surface area contributed by atoms with Gasteiger partial charge in [0.25, 0.3) is 0 Å². The molecule has 1 radical (unpaired) electrons. The van der Waals surface area contributed by atoms with Crippen LogP contribution in [0.3, 0.4) is 0 Å². The fraction of sp³-hybridized carbons (Fsp3) is 0.182. The monoisotopic (exact) mass is 191 g/mol. The van der Waals surface area contributed by atoms with E-state index in [-0.39, 0.29) is 0 Å². The maximum atomic E-state index is 5.41. The Balaban J connectivity index is 2.48. The first-order valence-corrected chi connectivity index (χ1v) is 5.09. The average molecular weight is 191 g/mol. The molecule has 1 nitrogen and oxygen atoms in total. The van der Waals surface area contributed by atoms with Gasteiger partial charge in [-0.3, -0.25) is 0 Å². The van der Waals surface area contributed by atoms with Crippen molar-refractivity contribution in [3.05, 3.63) is 36.1 Å². The molecular weight excluding hydrogens is 180 g/mol.